The number of hydrogen-bond acceptors (Lipinski definition) is 3. The van der Waals surface area contributed by atoms with Crippen molar-refractivity contribution in [2.75, 3.05) is 7.11 Å². The van der Waals surface area contributed by atoms with Gasteiger partial charge in [-0.15, -0.1) is 0 Å². The predicted molar refractivity (Wildman–Crippen MR) is 60.2 cm³/mol. The lowest BCUT2D eigenvalue weighted by Gasteiger charge is -2.09. The second-order valence-corrected chi connectivity index (χ2v) is 4.62. The molecule has 2 rings (SSSR count). The molecule has 3 nitrogen and oxygen atoms in total. The Labute approximate surface area is 99.3 Å². The van der Waals surface area contributed by atoms with Gasteiger partial charge in [0, 0.05) is 0 Å². The Hall–Kier alpha value is -1.06. The van der Waals surface area contributed by atoms with Crippen LogP contribution in [0, 0.1) is 6.92 Å². The normalized spacial score (nSPS) is 32.2. The smallest absolute Gasteiger partial charge is 0.357 e. The van der Waals surface area contributed by atoms with Gasteiger partial charge in [0.2, 0.25) is 0 Å². The fourth-order valence-electron chi connectivity index (χ4n) is 1.74. The third-order valence-electron chi connectivity index (χ3n) is 2.97. The Morgan fingerprint density at radius 2 is 1.94 bits per heavy atom. The van der Waals surface area contributed by atoms with E-state index in [1.54, 1.807) is 6.92 Å². The first kappa shape index (κ1) is 11.4. The first-order chi connectivity index (χ1) is 7.44. The van der Waals surface area contributed by atoms with Gasteiger partial charge in [0.1, 0.15) is 5.60 Å². The molecule has 16 heavy (non-hydrogen) atoms. The fraction of sp³-hybridized carbons (Fsp3) is 0.417. The van der Waals surface area contributed by atoms with Crippen LogP contribution in [0.5, 0.6) is 0 Å². The van der Waals surface area contributed by atoms with Crippen molar-refractivity contribution in [1.29, 1.82) is 0 Å². The highest BCUT2D eigenvalue weighted by Crippen LogP contribution is 2.58. The number of alkyl halides is 1. The Morgan fingerprint density at radius 1 is 1.38 bits per heavy atom. The minimum atomic E-state index is -1.38. The number of halogens is 1. The van der Waals surface area contributed by atoms with E-state index in [2.05, 4.69) is 4.74 Å². The Morgan fingerprint density at radius 3 is 2.44 bits per heavy atom. The topological polar surface area (TPSA) is 38.8 Å². The third kappa shape index (κ3) is 1.43. The van der Waals surface area contributed by atoms with Crippen molar-refractivity contribution in [3.63, 3.8) is 0 Å². The van der Waals surface area contributed by atoms with Crippen LogP contribution in [-0.2, 0) is 19.9 Å². The van der Waals surface area contributed by atoms with Gasteiger partial charge in [0.15, 0.2) is 0 Å². The lowest BCUT2D eigenvalue weighted by molar-refractivity contribution is -0.143. The molecule has 1 saturated heterocycles. The van der Waals surface area contributed by atoms with Crippen molar-refractivity contribution in [3.05, 3.63) is 35.4 Å². The zero-order valence-electron chi connectivity index (χ0n) is 9.41. The predicted octanol–water partition coefficient (Wildman–Crippen LogP) is 2.35. The van der Waals surface area contributed by atoms with E-state index in [1.807, 2.05) is 31.2 Å². The number of benzene rings is 1. The number of epoxide rings is 1. The van der Waals surface area contributed by atoms with Gasteiger partial charge in [0.25, 0.3) is 5.06 Å². The van der Waals surface area contributed by atoms with Gasteiger partial charge in [-0.2, -0.15) is 0 Å². The summed E-state index contributed by atoms with van der Waals surface area (Å²) in [5, 5.41) is -1.38. The van der Waals surface area contributed by atoms with Gasteiger partial charge in [0.05, 0.1) is 7.11 Å². The summed E-state index contributed by atoms with van der Waals surface area (Å²) in [5.41, 5.74) is 1.22. The fourth-order valence-corrected chi connectivity index (χ4v) is 2.08. The van der Waals surface area contributed by atoms with Crippen LogP contribution in [0.15, 0.2) is 24.3 Å². The minimum Gasteiger partial charge on any atom is -0.466 e. The maximum Gasteiger partial charge on any atom is 0.357 e. The molecule has 0 amide bonds. The molecule has 2 atom stereocenters. The molecule has 2 unspecified atom stereocenters. The molecule has 0 radical (unpaired) electrons. The van der Waals surface area contributed by atoms with Crippen LogP contribution in [0.1, 0.15) is 18.1 Å². The first-order valence-electron chi connectivity index (χ1n) is 4.99. The molecule has 0 aliphatic carbocycles. The van der Waals surface area contributed by atoms with Crippen molar-refractivity contribution in [1.82, 2.24) is 0 Å². The average Bonchev–Trinajstić information content (AvgIpc) is 2.84. The maximum atomic E-state index is 11.5. The molecule has 1 aliphatic heterocycles. The van der Waals surface area contributed by atoms with Crippen molar-refractivity contribution in [3.8, 4) is 0 Å². The number of esters is 1. The molecule has 86 valence electrons. The first-order valence-corrected chi connectivity index (χ1v) is 5.36. The van der Waals surface area contributed by atoms with Crippen molar-refractivity contribution < 1.29 is 14.3 Å². The molecule has 1 aromatic carbocycles. The van der Waals surface area contributed by atoms with Crippen LogP contribution in [0.2, 0.25) is 0 Å². The summed E-state index contributed by atoms with van der Waals surface area (Å²) in [6.45, 7) is 3.77. The number of carbonyl (C=O) groups is 1. The molecule has 0 spiro atoms. The standard InChI is InChI=1S/C12H13ClO3/c1-8-4-6-9(7-5-8)11(2)12(13,16-11)10(14)15-3/h4-7H,1-3H3. The highest BCUT2D eigenvalue weighted by molar-refractivity contribution is 6.35. The van der Waals surface area contributed by atoms with Gasteiger partial charge in [-0.25, -0.2) is 4.79 Å². The summed E-state index contributed by atoms with van der Waals surface area (Å²) in [5.74, 6) is -0.558. The molecule has 1 aliphatic rings. The van der Waals surface area contributed by atoms with E-state index < -0.39 is 16.6 Å². The van der Waals surface area contributed by atoms with Crippen molar-refractivity contribution >= 4 is 17.6 Å². The van der Waals surface area contributed by atoms with Gasteiger partial charge in [-0.05, 0) is 19.4 Å². The number of aryl methyl sites for hydroxylation is 1. The van der Waals surface area contributed by atoms with Crippen LogP contribution >= 0.6 is 11.6 Å². The van der Waals surface area contributed by atoms with Crippen LogP contribution in [-0.4, -0.2) is 18.1 Å². The molecule has 1 heterocycles. The van der Waals surface area contributed by atoms with Crippen LogP contribution in [0.25, 0.3) is 0 Å². The number of hydrogen-bond donors (Lipinski definition) is 0. The SMILES string of the molecule is COC(=O)C1(Cl)OC1(C)c1ccc(C)cc1. The molecule has 1 aromatic rings. The number of ether oxygens (including phenoxy) is 2. The van der Waals surface area contributed by atoms with E-state index in [4.69, 9.17) is 16.3 Å². The van der Waals surface area contributed by atoms with E-state index in [1.165, 1.54) is 7.11 Å². The van der Waals surface area contributed by atoms with Crippen LogP contribution < -0.4 is 0 Å². The van der Waals surface area contributed by atoms with E-state index >= 15 is 0 Å². The summed E-state index contributed by atoms with van der Waals surface area (Å²) >= 11 is 6.08. The van der Waals surface area contributed by atoms with E-state index in [0.717, 1.165) is 11.1 Å². The summed E-state index contributed by atoms with van der Waals surface area (Å²) in [6.07, 6.45) is 0. The van der Waals surface area contributed by atoms with Crippen molar-refractivity contribution in [2.45, 2.75) is 24.5 Å². The summed E-state index contributed by atoms with van der Waals surface area (Å²) < 4.78 is 9.98. The van der Waals surface area contributed by atoms with Gasteiger partial charge in [-0.3, -0.25) is 0 Å². The average molecular weight is 241 g/mol. The molecule has 0 bridgehead atoms. The molecule has 0 N–H and O–H groups in total. The summed E-state index contributed by atoms with van der Waals surface area (Å²) in [4.78, 5) is 11.5. The number of methoxy groups -OCH3 is 1. The van der Waals surface area contributed by atoms with Crippen LogP contribution in [0.3, 0.4) is 0 Å². The Bertz CT molecular complexity index is 428. The molecular formula is C12H13ClO3. The Balaban J connectivity index is 2.30. The quantitative estimate of drug-likeness (QED) is 0.453. The minimum absolute atomic E-state index is 0.558. The molecule has 1 fully saturated rings. The zero-order valence-corrected chi connectivity index (χ0v) is 10.2. The van der Waals surface area contributed by atoms with Crippen molar-refractivity contribution in [2.24, 2.45) is 0 Å². The lowest BCUT2D eigenvalue weighted by Crippen LogP contribution is -2.26. The van der Waals surface area contributed by atoms with Gasteiger partial charge >= 0.3 is 5.97 Å². The zero-order chi connectivity index (χ0) is 12.0. The Kier molecular flexibility index (Phi) is 2.48. The van der Waals surface area contributed by atoms with E-state index in [9.17, 15) is 4.79 Å². The molecular weight excluding hydrogens is 228 g/mol. The monoisotopic (exact) mass is 240 g/mol. The largest absolute Gasteiger partial charge is 0.466 e. The van der Waals surface area contributed by atoms with Gasteiger partial charge in [-0.1, -0.05) is 41.4 Å². The second kappa shape index (κ2) is 3.47. The summed E-state index contributed by atoms with van der Waals surface area (Å²) in [7, 11) is 1.30. The highest BCUT2D eigenvalue weighted by Gasteiger charge is 2.73. The molecule has 4 heteroatoms. The second-order valence-electron chi connectivity index (χ2n) is 4.09. The number of rotatable bonds is 2. The maximum absolute atomic E-state index is 11.5. The number of carbonyl (C=O) groups excluding carboxylic acids is 1. The highest BCUT2D eigenvalue weighted by atomic mass is 35.5. The lowest BCUT2D eigenvalue weighted by atomic mass is 9.96. The third-order valence-corrected chi connectivity index (χ3v) is 3.56. The van der Waals surface area contributed by atoms with E-state index in [0.29, 0.717) is 0 Å². The molecule has 0 saturated carbocycles. The van der Waals surface area contributed by atoms with E-state index in [-0.39, 0.29) is 0 Å². The van der Waals surface area contributed by atoms with Gasteiger partial charge < -0.3 is 9.47 Å². The molecule has 0 aromatic heterocycles. The summed E-state index contributed by atoms with van der Waals surface area (Å²) in [6, 6.07) is 7.72. The van der Waals surface area contributed by atoms with Crippen LogP contribution in [0.4, 0.5) is 0 Å².